The second kappa shape index (κ2) is 9.49. The number of imidazole rings is 1. The van der Waals surface area contributed by atoms with E-state index in [1.165, 1.54) is 5.56 Å². The summed E-state index contributed by atoms with van der Waals surface area (Å²) in [6, 6.07) is 24.5. The second-order valence-corrected chi connectivity index (χ2v) is 9.68. The predicted octanol–water partition coefficient (Wildman–Crippen LogP) is 5.95. The molecule has 33 heavy (non-hydrogen) atoms. The average Bonchev–Trinajstić information content (AvgIpc) is 3.18. The van der Waals surface area contributed by atoms with Crippen molar-refractivity contribution in [2.75, 3.05) is 18.4 Å². The molecule has 2 heterocycles. The van der Waals surface area contributed by atoms with Crippen LogP contribution < -0.4 is 5.32 Å². The lowest BCUT2D eigenvalue weighted by atomic mass is 9.97. The quantitative estimate of drug-likeness (QED) is 0.366. The molecule has 5 rings (SSSR count). The van der Waals surface area contributed by atoms with Gasteiger partial charge in [0.25, 0.3) is 0 Å². The third-order valence-corrected chi connectivity index (χ3v) is 6.75. The van der Waals surface area contributed by atoms with Crippen molar-refractivity contribution in [1.82, 2.24) is 14.5 Å². The summed E-state index contributed by atoms with van der Waals surface area (Å²) < 4.78 is 3.27. The third-order valence-electron chi connectivity index (χ3n) is 6.26. The van der Waals surface area contributed by atoms with Crippen LogP contribution in [0.4, 0.5) is 5.69 Å². The van der Waals surface area contributed by atoms with Gasteiger partial charge in [0.05, 0.1) is 23.5 Å². The number of anilines is 1. The van der Waals surface area contributed by atoms with E-state index in [4.69, 9.17) is 4.98 Å². The lowest BCUT2D eigenvalue weighted by Gasteiger charge is -2.31. The molecular weight excluding hydrogens is 476 g/mol. The van der Waals surface area contributed by atoms with Crippen LogP contribution >= 0.6 is 15.9 Å². The zero-order chi connectivity index (χ0) is 22.8. The summed E-state index contributed by atoms with van der Waals surface area (Å²) in [5.41, 5.74) is 5.21. The van der Waals surface area contributed by atoms with Crippen LogP contribution in [-0.2, 0) is 11.3 Å². The first-order valence-corrected chi connectivity index (χ1v) is 12.2. The zero-order valence-electron chi connectivity index (χ0n) is 18.7. The summed E-state index contributed by atoms with van der Waals surface area (Å²) in [6.45, 7) is 4.46. The maximum Gasteiger partial charge on any atom is 0.228 e. The molecule has 0 spiro atoms. The van der Waals surface area contributed by atoms with Crippen molar-refractivity contribution in [3.63, 3.8) is 0 Å². The van der Waals surface area contributed by atoms with E-state index in [9.17, 15) is 4.79 Å². The molecule has 1 atom stereocenters. The number of rotatable bonds is 5. The maximum atomic E-state index is 13.0. The molecule has 4 aromatic rings. The van der Waals surface area contributed by atoms with Gasteiger partial charge in [0.2, 0.25) is 5.91 Å². The highest BCUT2D eigenvalue weighted by molar-refractivity contribution is 9.10. The zero-order valence-corrected chi connectivity index (χ0v) is 20.3. The van der Waals surface area contributed by atoms with E-state index >= 15 is 0 Å². The van der Waals surface area contributed by atoms with Crippen molar-refractivity contribution < 1.29 is 4.79 Å². The molecule has 168 valence electrons. The van der Waals surface area contributed by atoms with E-state index in [-0.39, 0.29) is 11.8 Å². The Labute approximate surface area is 202 Å². The third kappa shape index (κ3) is 4.87. The number of hydrogen-bond acceptors (Lipinski definition) is 3. The first-order valence-electron chi connectivity index (χ1n) is 11.4. The molecule has 0 bridgehead atoms. The fourth-order valence-corrected chi connectivity index (χ4v) is 4.97. The van der Waals surface area contributed by atoms with Crippen molar-refractivity contribution in [3.05, 3.63) is 88.7 Å². The molecule has 1 fully saturated rings. The predicted molar refractivity (Wildman–Crippen MR) is 137 cm³/mol. The molecule has 0 aliphatic carbocycles. The van der Waals surface area contributed by atoms with Crippen LogP contribution in [0, 0.1) is 12.8 Å². The minimum absolute atomic E-state index is 0.0243. The first-order chi connectivity index (χ1) is 16.1. The number of aromatic nitrogens is 2. The number of amides is 1. The Kier molecular flexibility index (Phi) is 6.29. The van der Waals surface area contributed by atoms with Gasteiger partial charge in [0.1, 0.15) is 5.82 Å². The van der Waals surface area contributed by atoms with Gasteiger partial charge in [-0.15, -0.1) is 0 Å². The van der Waals surface area contributed by atoms with Crippen LogP contribution in [0.3, 0.4) is 0 Å². The number of benzene rings is 3. The molecule has 3 aromatic carbocycles. The molecule has 1 aromatic heterocycles. The van der Waals surface area contributed by atoms with Gasteiger partial charge in [-0.25, -0.2) is 4.98 Å². The van der Waals surface area contributed by atoms with Gasteiger partial charge in [-0.1, -0.05) is 51.8 Å². The molecule has 1 aliphatic rings. The molecular formula is C27H27BrN4O. The molecule has 1 N–H and O–H groups in total. The largest absolute Gasteiger partial charge is 0.326 e. The lowest BCUT2D eigenvalue weighted by molar-refractivity contribution is -0.121. The molecule has 1 amide bonds. The van der Waals surface area contributed by atoms with Crippen molar-refractivity contribution in [3.8, 4) is 5.69 Å². The van der Waals surface area contributed by atoms with Gasteiger partial charge in [-0.3, -0.25) is 14.3 Å². The molecule has 0 saturated carbocycles. The second-order valence-electron chi connectivity index (χ2n) is 8.76. The van der Waals surface area contributed by atoms with Crippen LogP contribution in [-0.4, -0.2) is 33.4 Å². The average molecular weight is 503 g/mol. The van der Waals surface area contributed by atoms with E-state index in [1.54, 1.807) is 0 Å². The highest BCUT2D eigenvalue weighted by Crippen LogP contribution is 2.26. The lowest BCUT2D eigenvalue weighted by Crippen LogP contribution is -2.40. The number of likely N-dealkylation sites (tertiary alicyclic amines) is 1. The number of nitrogens with zero attached hydrogens (tertiary/aromatic N) is 3. The first kappa shape index (κ1) is 21.9. The molecule has 1 aliphatic heterocycles. The molecule has 1 saturated heterocycles. The van der Waals surface area contributed by atoms with Gasteiger partial charge < -0.3 is 5.32 Å². The number of carbonyl (C=O) groups excluding carboxylic acids is 1. The van der Waals surface area contributed by atoms with Crippen LogP contribution in [0.25, 0.3) is 16.7 Å². The van der Waals surface area contributed by atoms with E-state index in [1.807, 2.05) is 49.4 Å². The topological polar surface area (TPSA) is 50.2 Å². The highest BCUT2D eigenvalue weighted by Gasteiger charge is 2.27. The monoisotopic (exact) mass is 502 g/mol. The van der Waals surface area contributed by atoms with E-state index in [0.717, 1.165) is 58.6 Å². The van der Waals surface area contributed by atoms with Crippen LogP contribution in [0.5, 0.6) is 0 Å². The van der Waals surface area contributed by atoms with Gasteiger partial charge in [-0.05, 0) is 68.8 Å². The minimum atomic E-state index is -0.0243. The summed E-state index contributed by atoms with van der Waals surface area (Å²) in [5.74, 6) is 1.07. The molecule has 6 heteroatoms. The SMILES string of the molecule is Cc1ccc(NC(=O)[C@@H]2CCCN(Cc3nc4ccccc4n3-c3cccc(Br)c3)C2)cc1. The summed E-state index contributed by atoms with van der Waals surface area (Å²) in [5, 5.41) is 3.10. The fraction of sp³-hybridized carbons (Fsp3) is 0.259. The highest BCUT2D eigenvalue weighted by atomic mass is 79.9. The van der Waals surface area contributed by atoms with Crippen LogP contribution in [0.15, 0.2) is 77.3 Å². The van der Waals surface area contributed by atoms with Gasteiger partial charge in [0.15, 0.2) is 0 Å². The van der Waals surface area contributed by atoms with Gasteiger partial charge in [0, 0.05) is 22.4 Å². The van der Waals surface area contributed by atoms with Crippen molar-refractivity contribution >= 4 is 38.6 Å². The van der Waals surface area contributed by atoms with Crippen LogP contribution in [0.2, 0.25) is 0 Å². The molecule has 0 unspecified atom stereocenters. The van der Waals surface area contributed by atoms with Crippen molar-refractivity contribution in [1.29, 1.82) is 0 Å². The summed E-state index contributed by atoms with van der Waals surface area (Å²) in [7, 11) is 0. The Morgan fingerprint density at radius 3 is 2.73 bits per heavy atom. The van der Waals surface area contributed by atoms with Crippen LogP contribution in [0.1, 0.15) is 24.2 Å². The Bertz CT molecular complexity index is 1280. The maximum absolute atomic E-state index is 13.0. The number of hydrogen-bond donors (Lipinski definition) is 1. The normalized spacial score (nSPS) is 16.7. The van der Waals surface area contributed by atoms with E-state index in [2.05, 4.69) is 61.0 Å². The number of halogens is 1. The Hall–Kier alpha value is -2.96. The summed E-state index contributed by atoms with van der Waals surface area (Å²) in [4.78, 5) is 20.3. The number of nitrogens with one attached hydrogen (secondary N) is 1. The Morgan fingerprint density at radius 1 is 1.09 bits per heavy atom. The Balaban J connectivity index is 1.37. The number of para-hydroxylation sites is 2. The Morgan fingerprint density at radius 2 is 1.91 bits per heavy atom. The summed E-state index contributed by atoms with van der Waals surface area (Å²) in [6.07, 6.45) is 1.92. The fourth-order valence-electron chi connectivity index (χ4n) is 4.58. The number of fused-ring (bicyclic) bond motifs is 1. The van der Waals surface area contributed by atoms with Crippen molar-refractivity contribution in [2.24, 2.45) is 5.92 Å². The standard InChI is InChI=1S/C27H27BrN4O/c1-19-11-13-22(14-12-19)29-27(33)20-6-5-15-31(17-20)18-26-30-24-9-2-3-10-25(24)32(26)23-8-4-7-21(28)16-23/h2-4,7-14,16,20H,5-6,15,17-18H2,1H3,(H,29,33)/t20-/m1/s1. The van der Waals surface area contributed by atoms with Gasteiger partial charge >= 0.3 is 0 Å². The summed E-state index contributed by atoms with van der Waals surface area (Å²) >= 11 is 3.60. The molecule has 0 radical (unpaired) electrons. The number of carbonyl (C=O) groups is 1. The number of piperidine rings is 1. The smallest absolute Gasteiger partial charge is 0.228 e. The number of aryl methyl sites for hydroxylation is 1. The molecule has 5 nitrogen and oxygen atoms in total. The van der Waals surface area contributed by atoms with E-state index in [0.29, 0.717) is 6.54 Å². The van der Waals surface area contributed by atoms with Gasteiger partial charge in [-0.2, -0.15) is 0 Å². The van der Waals surface area contributed by atoms with E-state index < -0.39 is 0 Å². The van der Waals surface area contributed by atoms with Crippen molar-refractivity contribution in [2.45, 2.75) is 26.3 Å². The minimum Gasteiger partial charge on any atom is -0.326 e.